The van der Waals surface area contributed by atoms with Gasteiger partial charge in [0.25, 0.3) is 11.6 Å². The number of nitro benzene ring substituents is 1. The van der Waals surface area contributed by atoms with E-state index < -0.39 is 22.8 Å². The Labute approximate surface area is 239 Å². The maximum Gasteiger partial charge on any atom is 0.373 e. The van der Waals surface area contributed by atoms with Crippen LogP contribution in [-0.2, 0) is 22.7 Å². The molecule has 3 heterocycles. The Morgan fingerprint density at radius 1 is 1.05 bits per heavy atom. The third kappa shape index (κ3) is 5.63. The quantitative estimate of drug-likeness (QED) is 0.0967. The van der Waals surface area contributed by atoms with Crippen molar-refractivity contribution in [2.24, 2.45) is 0 Å². The standard InChI is InChI=1S/C30H26N4O8/c1-18-14-21(15-26-28(35)32(30(37)31-26)16-25-12-13-27(42-25)29(36)40-3)19(2)33(18)22-8-10-24(11-9-22)41-17-20-4-6-23(7-5-20)34(38)39/h4-15H,16-17H2,1-3H3,(H,31,37)/b26-15-. The minimum Gasteiger partial charge on any atom is -0.489 e. The van der Waals surface area contributed by atoms with Crippen LogP contribution in [0.2, 0.25) is 0 Å². The SMILES string of the molecule is COC(=O)c1ccc(CN2C(=O)N/C(=C\c3cc(C)n(-c4ccc(OCc5ccc([N+](=O)[O-])cc5)cc4)c3C)C2=O)o1. The summed E-state index contributed by atoms with van der Waals surface area (Å²) < 4.78 is 17.9. The van der Waals surface area contributed by atoms with E-state index in [-0.39, 0.29) is 36.1 Å². The second-order valence-electron chi connectivity index (χ2n) is 9.51. The van der Waals surface area contributed by atoms with Gasteiger partial charge in [0.05, 0.1) is 18.6 Å². The Hall–Kier alpha value is -5.65. The number of carbonyl (C=O) groups is 3. The van der Waals surface area contributed by atoms with Crippen LogP contribution in [0.4, 0.5) is 10.5 Å². The van der Waals surface area contributed by atoms with E-state index in [1.54, 1.807) is 18.2 Å². The number of amides is 3. The van der Waals surface area contributed by atoms with Crippen molar-refractivity contribution in [1.82, 2.24) is 14.8 Å². The molecule has 5 rings (SSSR count). The number of aryl methyl sites for hydroxylation is 1. The molecule has 42 heavy (non-hydrogen) atoms. The van der Waals surface area contributed by atoms with Gasteiger partial charge >= 0.3 is 12.0 Å². The fraction of sp³-hybridized carbons (Fsp3) is 0.167. The molecule has 4 aromatic rings. The van der Waals surface area contributed by atoms with Gasteiger partial charge in [0.15, 0.2) is 0 Å². The minimum atomic E-state index is -0.654. The van der Waals surface area contributed by atoms with Crippen LogP contribution >= 0.6 is 0 Å². The summed E-state index contributed by atoms with van der Waals surface area (Å²) in [7, 11) is 1.23. The number of furan rings is 1. The Morgan fingerprint density at radius 3 is 2.43 bits per heavy atom. The summed E-state index contributed by atoms with van der Waals surface area (Å²) in [6, 6.07) is 17.9. The zero-order chi connectivity index (χ0) is 30.0. The van der Waals surface area contributed by atoms with E-state index in [0.29, 0.717) is 5.75 Å². The van der Waals surface area contributed by atoms with E-state index in [0.717, 1.165) is 33.1 Å². The molecular weight excluding hydrogens is 544 g/mol. The van der Waals surface area contributed by atoms with Crippen molar-refractivity contribution >= 4 is 29.7 Å². The van der Waals surface area contributed by atoms with E-state index in [4.69, 9.17) is 9.15 Å². The van der Waals surface area contributed by atoms with Gasteiger partial charge in [0, 0.05) is 29.2 Å². The molecule has 2 aromatic heterocycles. The number of ether oxygens (including phenoxy) is 2. The average Bonchev–Trinajstić information content (AvgIpc) is 3.64. The highest BCUT2D eigenvalue weighted by Gasteiger charge is 2.34. The number of urea groups is 1. The fourth-order valence-corrected chi connectivity index (χ4v) is 4.60. The predicted molar refractivity (Wildman–Crippen MR) is 150 cm³/mol. The van der Waals surface area contributed by atoms with Crippen molar-refractivity contribution in [1.29, 1.82) is 0 Å². The van der Waals surface area contributed by atoms with Crippen LogP contribution in [0.15, 0.2) is 76.8 Å². The van der Waals surface area contributed by atoms with Gasteiger partial charge < -0.3 is 23.8 Å². The number of carbonyl (C=O) groups excluding carboxylic acids is 3. The molecule has 3 amide bonds. The highest BCUT2D eigenvalue weighted by Crippen LogP contribution is 2.26. The lowest BCUT2D eigenvalue weighted by atomic mass is 10.2. The van der Waals surface area contributed by atoms with Crippen LogP contribution in [-0.4, -0.2) is 39.4 Å². The summed E-state index contributed by atoms with van der Waals surface area (Å²) in [5.74, 6) is -0.295. The summed E-state index contributed by atoms with van der Waals surface area (Å²) in [6.45, 7) is 3.97. The van der Waals surface area contributed by atoms with Crippen LogP contribution in [0, 0.1) is 24.0 Å². The molecule has 12 heteroatoms. The second kappa shape index (κ2) is 11.5. The molecule has 0 bridgehead atoms. The molecule has 1 saturated heterocycles. The number of nitrogens with zero attached hydrogens (tertiary/aromatic N) is 3. The molecule has 0 saturated carbocycles. The van der Waals surface area contributed by atoms with Crippen molar-refractivity contribution in [2.45, 2.75) is 27.0 Å². The number of imide groups is 1. The Balaban J connectivity index is 1.28. The molecule has 1 fully saturated rings. The number of aromatic nitrogens is 1. The number of benzene rings is 2. The third-order valence-corrected chi connectivity index (χ3v) is 6.74. The lowest BCUT2D eigenvalue weighted by Gasteiger charge is -2.12. The number of esters is 1. The van der Waals surface area contributed by atoms with E-state index in [9.17, 15) is 24.5 Å². The first kappa shape index (κ1) is 27.9. The van der Waals surface area contributed by atoms with Crippen LogP contribution in [0.3, 0.4) is 0 Å². The summed E-state index contributed by atoms with van der Waals surface area (Å²) in [5, 5.41) is 13.4. The molecule has 1 aliphatic rings. The Kier molecular flexibility index (Phi) is 7.61. The summed E-state index contributed by atoms with van der Waals surface area (Å²) in [5.41, 5.74) is 4.35. The molecule has 0 unspecified atom stereocenters. The number of rotatable bonds is 9. The zero-order valence-electron chi connectivity index (χ0n) is 23.0. The van der Waals surface area contributed by atoms with Gasteiger partial charge in [0.1, 0.15) is 23.8 Å². The smallest absolute Gasteiger partial charge is 0.373 e. The summed E-state index contributed by atoms with van der Waals surface area (Å²) in [6.07, 6.45) is 1.63. The molecule has 12 nitrogen and oxygen atoms in total. The third-order valence-electron chi connectivity index (χ3n) is 6.74. The predicted octanol–water partition coefficient (Wildman–Crippen LogP) is 5.05. The van der Waals surface area contributed by atoms with Crippen LogP contribution in [0.5, 0.6) is 5.75 Å². The summed E-state index contributed by atoms with van der Waals surface area (Å²) in [4.78, 5) is 48.6. The van der Waals surface area contributed by atoms with Gasteiger partial charge in [0.2, 0.25) is 5.76 Å². The first-order valence-corrected chi connectivity index (χ1v) is 12.8. The van der Waals surface area contributed by atoms with E-state index in [1.165, 1.54) is 31.4 Å². The first-order valence-electron chi connectivity index (χ1n) is 12.8. The number of nitro groups is 1. The molecule has 2 aromatic carbocycles. The van der Waals surface area contributed by atoms with Crippen molar-refractivity contribution in [3.05, 3.63) is 117 Å². The van der Waals surface area contributed by atoms with Gasteiger partial charge in [-0.25, -0.2) is 9.59 Å². The van der Waals surface area contributed by atoms with Gasteiger partial charge in [-0.1, -0.05) is 0 Å². The van der Waals surface area contributed by atoms with Crippen molar-refractivity contribution in [3.63, 3.8) is 0 Å². The van der Waals surface area contributed by atoms with Gasteiger partial charge in [-0.15, -0.1) is 0 Å². The number of hydrogen-bond acceptors (Lipinski definition) is 8. The monoisotopic (exact) mass is 570 g/mol. The lowest BCUT2D eigenvalue weighted by molar-refractivity contribution is -0.384. The lowest BCUT2D eigenvalue weighted by Crippen LogP contribution is -2.30. The number of methoxy groups -OCH3 is 1. The van der Waals surface area contributed by atoms with Crippen molar-refractivity contribution < 1.29 is 33.2 Å². The van der Waals surface area contributed by atoms with Crippen LogP contribution in [0.1, 0.15) is 38.8 Å². The Bertz CT molecular complexity index is 1710. The largest absolute Gasteiger partial charge is 0.489 e. The normalized spacial score (nSPS) is 13.9. The fourth-order valence-electron chi connectivity index (χ4n) is 4.60. The van der Waals surface area contributed by atoms with Gasteiger partial charge in [-0.05, 0) is 85.6 Å². The van der Waals surface area contributed by atoms with Gasteiger partial charge in [-0.3, -0.25) is 19.8 Å². The molecular formula is C30H26N4O8. The van der Waals surface area contributed by atoms with Crippen LogP contribution < -0.4 is 10.1 Å². The molecule has 0 radical (unpaired) electrons. The number of non-ortho nitro benzene ring substituents is 1. The molecule has 1 N–H and O–H groups in total. The number of nitrogens with one attached hydrogen (secondary N) is 1. The second-order valence-corrected chi connectivity index (χ2v) is 9.51. The van der Waals surface area contributed by atoms with Crippen molar-refractivity contribution in [3.8, 4) is 11.4 Å². The molecule has 0 aliphatic carbocycles. The molecule has 214 valence electrons. The maximum absolute atomic E-state index is 13.0. The topological polar surface area (TPSA) is 146 Å². The van der Waals surface area contributed by atoms with E-state index in [2.05, 4.69) is 10.1 Å². The molecule has 1 aliphatic heterocycles. The highest BCUT2D eigenvalue weighted by molar-refractivity contribution is 6.14. The van der Waals surface area contributed by atoms with Crippen molar-refractivity contribution in [2.75, 3.05) is 7.11 Å². The van der Waals surface area contributed by atoms with E-state index in [1.807, 2.05) is 48.7 Å². The average molecular weight is 571 g/mol. The van der Waals surface area contributed by atoms with Crippen LogP contribution in [0.25, 0.3) is 11.8 Å². The maximum atomic E-state index is 13.0. The molecule has 0 spiro atoms. The molecule has 0 atom stereocenters. The minimum absolute atomic E-state index is 0.0214. The zero-order valence-corrected chi connectivity index (χ0v) is 23.0. The highest BCUT2D eigenvalue weighted by atomic mass is 16.6. The Morgan fingerprint density at radius 2 is 1.76 bits per heavy atom. The summed E-state index contributed by atoms with van der Waals surface area (Å²) >= 11 is 0. The first-order chi connectivity index (χ1) is 20.1. The van der Waals surface area contributed by atoms with Gasteiger partial charge in [-0.2, -0.15) is 0 Å². The van der Waals surface area contributed by atoms with E-state index >= 15 is 0 Å². The number of hydrogen-bond donors (Lipinski definition) is 1.